The molecule has 0 unspecified atom stereocenters. The average Bonchev–Trinajstić information content (AvgIpc) is 2.52. The summed E-state index contributed by atoms with van der Waals surface area (Å²) in [5.41, 5.74) is 1.02. The minimum Gasteiger partial charge on any atom is -0.487 e. The molecule has 0 aliphatic heterocycles. The summed E-state index contributed by atoms with van der Waals surface area (Å²) in [6, 6.07) is 7.93. The van der Waals surface area contributed by atoms with Gasteiger partial charge in [0.05, 0.1) is 19.6 Å². The van der Waals surface area contributed by atoms with Crippen molar-refractivity contribution >= 4 is 27.5 Å². The molecule has 2 aromatic rings. The van der Waals surface area contributed by atoms with Crippen molar-refractivity contribution in [1.29, 1.82) is 0 Å². The van der Waals surface area contributed by atoms with E-state index in [2.05, 4.69) is 4.98 Å². The molecule has 0 saturated carbocycles. The van der Waals surface area contributed by atoms with Crippen LogP contribution in [0.3, 0.4) is 0 Å². The summed E-state index contributed by atoms with van der Waals surface area (Å²) in [6.07, 6.45) is 2.40. The molecule has 1 heterocycles. The Morgan fingerprint density at radius 3 is 2.50 bits per heavy atom. The second kappa shape index (κ2) is 7.50. The van der Waals surface area contributed by atoms with Crippen LogP contribution in [-0.4, -0.2) is 32.7 Å². The highest BCUT2D eigenvalue weighted by atomic mass is 35.5. The van der Waals surface area contributed by atoms with E-state index in [4.69, 9.17) is 21.1 Å². The van der Waals surface area contributed by atoms with Crippen molar-refractivity contribution in [2.45, 2.75) is 6.61 Å². The number of nitrogens with one attached hydrogen (secondary N) is 1. The SMILES string of the molecule is COc1ncc(OCc2ccc(C(=O)NS(C)(=O)=O)cc2)cc1Cl. The van der Waals surface area contributed by atoms with Crippen LogP contribution in [0.25, 0.3) is 0 Å². The molecule has 0 aliphatic carbocycles. The number of aromatic nitrogens is 1. The number of amides is 1. The monoisotopic (exact) mass is 370 g/mol. The van der Waals surface area contributed by atoms with Gasteiger partial charge in [0.25, 0.3) is 5.91 Å². The summed E-state index contributed by atoms with van der Waals surface area (Å²) in [5.74, 6) is 0.0982. The van der Waals surface area contributed by atoms with Gasteiger partial charge in [-0.3, -0.25) is 4.79 Å². The fourth-order valence-electron chi connectivity index (χ4n) is 1.78. The van der Waals surface area contributed by atoms with E-state index < -0.39 is 15.9 Å². The number of carbonyl (C=O) groups is 1. The zero-order valence-corrected chi connectivity index (χ0v) is 14.5. The lowest BCUT2D eigenvalue weighted by atomic mass is 10.1. The molecule has 0 bridgehead atoms. The fraction of sp³-hybridized carbons (Fsp3) is 0.200. The van der Waals surface area contributed by atoms with E-state index in [1.807, 2.05) is 4.72 Å². The Kier molecular flexibility index (Phi) is 5.63. The second-order valence-electron chi connectivity index (χ2n) is 4.85. The van der Waals surface area contributed by atoms with Gasteiger partial charge in [-0.2, -0.15) is 0 Å². The molecular formula is C15H15ClN2O5S. The molecule has 7 nitrogen and oxygen atoms in total. The van der Waals surface area contributed by atoms with Crippen molar-refractivity contribution < 1.29 is 22.7 Å². The first-order valence-electron chi connectivity index (χ1n) is 6.72. The third-order valence-electron chi connectivity index (χ3n) is 2.88. The molecule has 0 spiro atoms. The predicted octanol–water partition coefficient (Wildman–Crippen LogP) is 2.01. The fourth-order valence-corrected chi connectivity index (χ4v) is 2.47. The zero-order valence-electron chi connectivity index (χ0n) is 12.9. The first kappa shape index (κ1) is 18.0. The number of hydrogen-bond acceptors (Lipinski definition) is 6. The number of ether oxygens (including phenoxy) is 2. The molecule has 0 aliphatic rings. The van der Waals surface area contributed by atoms with Crippen LogP contribution in [0.5, 0.6) is 11.6 Å². The Morgan fingerprint density at radius 1 is 1.29 bits per heavy atom. The molecule has 24 heavy (non-hydrogen) atoms. The zero-order chi connectivity index (χ0) is 17.7. The first-order valence-corrected chi connectivity index (χ1v) is 8.99. The summed E-state index contributed by atoms with van der Waals surface area (Å²) in [4.78, 5) is 15.7. The van der Waals surface area contributed by atoms with Gasteiger partial charge in [0, 0.05) is 11.6 Å². The molecule has 0 fully saturated rings. The third kappa shape index (κ3) is 5.10. The number of rotatable bonds is 6. The standard InChI is InChI=1S/C15H15ClN2O5S/c1-22-15-13(16)7-12(8-17-15)23-9-10-3-5-11(6-4-10)14(19)18-24(2,20)21/h3-8H,9H2,1-2H3,(H,18,19). The number of pyridine rings is 1. The van der Waals surface area contributed by atoms with E-state index in [9.17, 15) is 13.2 Å². The molecule has 1 amide bonds. The number of benzene rings is 1. The van der Waals surface area contributed by atoms with Gasteiger partial charge in [-0.25, -0.2) is 18.1 Å². The lowest BCUT2D eigenvalue weighted by Gasteiger charge is -2.08. The van der Waals surface area contributed by atoms with Gasteiger partial charge < -0.3 is 9.47 Å². The lowest BCUT2D eigenvalue weighted by molar-refractivity contribution is 0.0981. The van der Waals surface area contributed by atoms with E-state index in [0.29, 0.717) is 16.7 Å². The predicted molar refractivity (Wildman–Crippen MR) is 88.9 cm³/mol. The van der Waals surface area contributed by atoms with Gasteiger partial charge in [0.15, 0.2) is 0 Å². The van der Waals surface area contributed by atoms with Crippen LogP contribution in [0.1, 0.15) is 15.9 Å². The molecule has 1 aromatic carbocycles. The Balaban J connectivity index is 1.99. The molecule has 0 atom stereocenters. The van der Waals surface area contributed by atoms with E-state index in [-0.39, 0.29) is 12.2 Å². The molecular weight excluding hydrogens is 356 g/mol. The molecule has 128 valence electrons. The minimum atomic E-state index is -3.59. The maximum Gasteiger partial charge on any atom is 0.264 e. The van der Waals surface area contributed by atoms with Crippen LogP contribution in [0, 0.1) is 0 Å². The number of halogens is 1. The van der Waals surface area contributed by atoms with Gasteiger partial charge in [0.1, 0.15) is 17.4 Å². The van der Waals surface area contributed by atoms with Crippen LogP contribution < -0.4 is 14.2 Å². The van der Waals surface area contributed by atoms with Gasteiger partial charge in [0.2, 0.25) is 15.9 Å². The Morgan fingerprint density at radius 2 is 1.96 bits per heavy atom. The molecule has 1 N–H and O–H groups in total. The molecule has 0 radical (unpaired) electrons. The molecule has 2 rings (SSSR count). The number of sulfonamides is 1. The molecule has 9 heteroatoms. The maximum absolute atomic E-state index is 11.7. The topological polar surface area (TPSA) is 94.6 Å². The summed E-state index contributed by atoms with van der Waals surface area (Å²) in [5, 5.41) is 0.336. The van der Waals surface area contributed by atoms with Crippen LogP contribution in [-0.2, 0) is 16.6 Å². The summed E-state index contributed by atoms with van der Waals surface area (Å²) in [6.45, 7) is 0.234. The van der Waals surface area contributed by atoms with Crippen molar-refractivity contribution in [3.8, 4) is 11.6 Å². The molecule has 1 aromatic heterocycles. The first-order chi connectivity index (χ1) is 11.3. The lowest BCUT2D eigenvalue weighted by Crippen LogP contribution is -2.29. The summed E-state index contributed by atoms with van der Waals surface area (Å²) >= 11 is 5.96. The van der Waals surface area contributed by atoms with Gasteiger partial charge in [-0.1, -0.05) is 23.7 Å². The van der Waals surface area contributed by atoms with Crippen LogP contribution >= 0.6 is 11.6 Å². The van der Waals surface area contributed by atoms with E-state index in [0.717, 1.165) is 11.8 Å². The van der Waals surface area contributed by atoms with Gasteiger partial charge >= 0.3 is 0 Å². The van der Waals surface area contributed by atoms with Crippen molar-refractivity contribution in [3.05, 3.63) is 52.7 Å². The van der Waals surface area contributed by atoms with E-state index in [1.54, 1.807) is 18.2 Å². The van der Waals surface area contributed by atoms with Crippen LogP contribution in [0.4, 0.5) is 0 Å². The highest BCUT2D eigenvalue weighted by Crippen LogP contribution is 2.25. The minimum absolute atomic E-state index is 0.234. The van der Waals surface area contributed by atoms with Crippen molar-refractivity contribution in [2.75, 3.05) is 13.4 Å². The van der Waals surface area contributed by atoms with Gasteiger partial charge in [-0.05, 0) is 17.7 Å². The Bertz CT molecular complexity index is 837. The highest BCUT2D eigenvalue weighted by Gasteiger charge is 2.11. The average molecular weight is 371 g/mol. The third-order valence-corrected chi connectivity index (χ3v) is 3.70. The van der Waals surface area contributed by atoms with Crippen LogP contribution in [0.2, 0.25) is 5.02 Å². The Labute approximate surface area is 144 Å². The number of methoxy groups -OCH3 is 1. The highest BCUT2D eigenvalue weighted by molar-refractivity contribution is 7.89. The second-order valence-corrected chi connectivity index (χ2v) is 7.01. The summed E-state index contributed by atoms with van der Waals surface area (Å²) in [7, 11) is -2.12. The van der Waals surface area contributed by atoms with E-state index in [1.165, 1.54) is 25.4 Å². The largest absolute Gasteiger partial charge is 0.487 e. The summed E-state index contributed by atoms with van der Waals surface area (Å²) < 4.78 is 34.5. The molecule has 0 saturated heterocycles. The quantitative estimate of drug-likeness (QED) is 0.835. The van der Waals surface area contributed by atoms with Crippen molar-refractivity contribution in [2.24, 2.45) is 0 Å². The smallest absolute Gasteiger partial charge is 0.264 e. The van der Waals surface area contributed by atoms with Gasteiger partial charge in [-0.15, -0.1) is 0 Å². The van der Waals surface area contributed by atoms with Crippen LogP contribution in [0.15, 0.2) is 36.5 Å². The maximum atomic E-state index is 11.7. The van der Waals surface area contributed by atoms with E-state index >= 15 is 0 Å². The number of nitrogens with zero attached hydrogens (tertiary/aromatic N) is 1. The Hall–Kier alpha value is -2.32. The normalized spacial score (nSPS) is 11.0. The number of carbonyl (C=O) groups excluding carboxylic acids is 1. The van der Waals surface area contributed by atoms with Crippen molar-refractivity contribution in [1.82, 2.24) is 9.71 Å². The number of hydrogen-bond donors (Lipinski definition) is 1. The van der Waals surface area contributed by atoms with Crippen molar-refractivity contribution in [3.63, 3.8) is 0 Å².